The molecule has 2 aromatic rings. The van der Waals surface area contributed by atoms with Gasteiger partial charge in [0.2, 0.25) is 5.91 Å². The van der Waals surface area contributed by atoms with E-state index in [0.717, 1.165) is 29.1 Å². The van der Waals surface area contributed by atoms with Gasteiger partial charge in [0, 0.05) is 17.0 Å². The Hall–Kier alpha value is -1.68. The van der Waals surface area contributed by atoms with Crippen LogP contribution in [0.3, 0.4) is 0 Å². The summed E-state index contributed by atoms with van der Waals surface area (Å²) in [7, 11) is 0. The molecule has 0 atom stereocenters. The molecule has 3 rings (SSSR count). The van der Waals surface area contributed by atoms with Gasteiger partial charge in [-0.05, 0) is 19.8 Å². The van der Waals surface area contributed by atoms with Crippen LogP contribution in [0.4, 0.5) is 0 Å². The quantitative estimate of drug-likeness (QED) is 0.859. The maximum absolute atomic E-state index is 12.3. The van der Waals surface area contributed by atoms with Gasteiger partial charge < -0.3 is 5.32 Å². The van der Waals surface area contributed by atoms with Crippen molar-refractivity contribution in [1.29, 1.82) is 0 Å². The zero-order valence-electron chi connectivity index (χ0n) is 14.4. The van der Waals surface area contributed by atoms with Crippen LogP contribution in [0.15, 0.2) is 29.6 Å². The Morgan fingerprint density at radius 2 is 1.79 bits per heavy atom. The lowest BCUT2D eigenvalue weighted by Crippen LogP contribution is -2.36. The lowest BCUT2D eigenvalue weighted by Gasteiger charge is -2.20. The largest absolute Gasteiger partial charge is 0.353 e. The smallest absolute Gasteiger partial charge is 0.226 e. The molecule has 24 heavy (non-hydrogen) atoms. The van der Waals surface area contributed by atoms with E-state index in [1.807, 2.05) is 5.38 Å². The predicted octanol–water partition coefficient (Wildman–Crippen LogP) is 4.89. The fourth-order valence-corrected chi connectivity index (χ4v) is 4.09. The minimum Gasteiger partial charge on any atom is -0.353 e. The maximum atomic E-state index is 12.3. The molecule has 1 heterocycles. The first-order chi connectivity index (χ1) is 11.7. The lowest BCUT2D eigenvalue weighted by molar-refractivity contribution is -0.121. The molecule has 1 aliphatic carbocycles. The molecule has 4 heteroatoms. The van der Waals surface area contributed by atoms with Gasteiger partial charge in [-0.3, -0.25) is 4.79 Å². The summed E-state index contributed by atoms with van der Waals surface area (Å²) in [5, 5.41) is 6.21. The number of amides is 1. The van der Waals surface area contributed by atoms with Crippen LogP contribution in [0.25, 0.3) is 10.6 Å². The Morgan fingerprint density at radius 3 is 2.50 bits per heavy atom. The number of aromatic nitrogens is 1. The van der Waals surface area contributed by atoms with Gasteiger partial charge in [0.15, 0.2) is 0 Å². The van der Waals surface area contributed by atoms with Gasteiger partial charge in [0.05, 0.1) is 12.1 Å². The average molecular weight is 343 g/mol. The van der Waals surface area contributed by atoms with Crippen molar-refractivity contribution < 1.29 is 4.79 Å². The molecule has 1 fully saturated rings. The monoisotopic (exact) mass is 342 g/mol. The van der Waals surface area contributed by atoms with Crippen LogP contribution in [0.5, 0.6) is 0 Å². The minimum atomic E-state index is 0.112. The van der Waals surface area contributed by atoms with Crippen LogP contribution >= 0.6 is 11.3 Å². The summed E-state index contributed by atoms with van der Waals surface area (Å²) in [6.07, 6.45) is 9.06. The number of thiazole rings is 1. The number of nitrogens with one attached hydrogen (secondary N) is 1. The number of hydrogen-bond acceptors (Lipinski definition) is 3. The second-order valence-corrected chi connectivity index (χ2v) is 7.65. The van der Waals surface area contributed by atoms with Crippen LogP contribution < -0.4 is 5.32 Å². The molecule has 3 nitrogen and oxygen atoms in total. The van der Waals surface area contributed by atoms with E-state index < -0.39 is 0 Å². The van der Waals surface area contributed by atoms with E-state index in [9.17, 15) is 4.79 Å². The van der Waals surface area contributed by atoms with Crippen LogP contribution in [-0.2, 0) is 11.2 Å². The van der Waals surface area contributed by atoms with Crippen molar-refractivity contribution in [2.75, 3.05) is 0 Å². The van der Waals surface area contributed by atoms with Crippen LogP contribution in [0.1, 0.15) is 56.2 Å². The first-order valence-electron chi connectivity index (χ1n) is 9.01. The standard InChI is InChI=1S/C20H26N2OS/c1-15-9-11-16(12-10-15)20-22-18(14-24-20)13-19(23)21-17-7-5-3-2-4-6-8-17/h9-12,14,17H,2-8,13H2,1H3,(H,21,23). The summed E-state index contributed by atoms with van der Waals surface area (Å²) in [5.41, 5.74) is 3.24. The molecule has 1 amide bonds. The molecule has 1 aromatic heterocycles. The third-order valence-corrected chi connectivity index (χ3v) is 5.60. The van der Waals surface area contributed by atoms with E-state index in [2.05, 4.69) is 41.5 Å². The molecular formula is C20H26N2OS. The van der Waals surface area contributed by atoms with Crippen molar-refractivity contribution in [3.63, 3.8) is 0 Å². The van der Waals surface area contributed by atoms with Gasteiger partial charge in [-0.25, -0.2) is 4.98 Å². The fraction of sp³-hybridized carbons (Fsp3) is 0.500. The maximum Gasteiger partial charge on any atom is 0.226 e. The highest BCUT2D eigenvalue weighted by Crippen LogP contribution is 2.24. The van der Waals surface area contributed by atoms with Crippen LogP contribution in [0.2, 0.25) is 0 Å². The van der Waals surface area contributed by atoms with Crippen molar-refractivity contribution >= 4 is 17.2 Å². The van der Waals surface area contributed by atoms with Gasteiger partial charge >= 0.3 is 0 Å². The van der Waals surface area contributed by atoms with E-state index in [-0.39, 0.29) is 5.91 Å². The molecule has 128 valence electrons. The van der Waals surface area contributed by atoms with Crippen molar-refractivity contribution in [2.24, 2.45) is 0 Å². The van der Waals surface area contributed by atoms with E-state index in [0.29, 0.717) is 12.5 Å². The summed E-state index contributed by atoms with van der Waals surface area (Å²) < 4.78 is 0. The average Bonchev–Trinajstić information content (AvgIpc) is 2.99. The number of aryl methyl sites for hydroxylation is 1. The molecule has 1 saturated carbocycles. The molecule has 1 aliphatic rings. The number of hydrogen-bond donors (Lipinski definition) is 1. The van der Waals surface area contributed by atoms with E-state index in [1.165, 1.54) is 37.7 Å². The van der Waals surface area contributed by atoms with Crippen LogP contribution in [-0.4, -0.2) is 16.9 Å². The molecule has 0 aliphatic heterocycles. The third-order valence-electron chi connectivity index (χ3n) is 4.66. The normalized spacial score (nSPS) is 16.4. The molecule has 0 radical (unpaired) electrons. The molecule has 1 aromatic carbocycles. The predicted molar refractivity (Wildman–Crippen MR) is 100 cm³/mol. The van der Waals surface area contributed by atoms with E-state index >= 15 is 0 Å². The summed E-state index contributed by atoms with van der Waals surface area (Å²) in [6.45, 7) is 2.08. The molecular weight excluding hydrogens is 316 g/mol. The van der Waals surface area contributed by atoms with Gasteiger partial charge in [-0.1, -0.05) is 61.9 Å². The van der Waals surface area contributed by atoms with Crippen LogP contribution in [0, 0.1) is 6.92 Å². The molecule has 0 saturated heterocycles. The van der Waals surface area contributed by atoms with Gasteiger partial charge in [0.25, 0.3) is 0 Å². The molecule has 0 bridgehead atoms. The highest BCUT2D eigenvalue weighted by molar-refractivity contribution is 7.13. The van der Waals surface area contributed by atoms with Crippen molar-refractivity contribution in [3.05, 3.63) is 40.9 Å². The number of carbonyl (C=O) groups excluding carboxylic acids is 1. The highest BCUT2D eigenvalue weighted by Gasteiger charge is 2.15. The Bertz CT molecular complexity index is 655. The van der Waals surface area contributed by atoms with Crippen molar-refractivity contribution in [3.8, 4) is 10.6 Å². The zero-order valence-corrected chi connectivity index (χ0v) is 15.2. The second-order valence-electron chi connectivity index (χ2n) is 6.80. The van der Waals surface area contributed by atoms with Gasteiger partial charge in [-0.2, -0.15) is 0 Å². The van der Waals surface area contributed by atoms with Gasteiger partial charge in [0.1, 0.15) is 5.01 Å². The summed E-state index contributed by atoms with van der Waals surface area (Å²) in [5.74, 6) is 0.112. The topological polar surface area (TPSA) is 42.0 Å². The molecule has 0 spiro atoms. The summed E-state index contributed by atoms with van der Waals surface area (Å²) >= 11 is 1.61. The first kappa shape index (κ1) is 17.2. The van der Waals surface area contributed by atoms with E-state index in [1.54, 1.807) is 11.3 Å². The SMILES string of the molecule is Cc1ccc(-c2nc(CC(=O)NC3CCCCCCC3)cs2)cc1. The molecule has 1 N–H and O–H groups in total. The van der Waals surface area contributed by atoms with E-state index in [4.69, 9.17) is 0 Å². The summed E-state index contributed by atoms with van der Waals surface area (Å²) in [4.78, 5) is 17.0. The number of benzene rings is 1. The minimum absolute atomic E-state index is 0.112. The number of rotatable bonds is 4. The first-order valence-corrected chi connectivity index (χ1v) is 9.89. The lowest BCUT2D eigenvalue weighted by atomic mass is 9.96. The second kappa shape index (κ2) is 8.43. The summed E-state index contributed by atoms with van der Waals surface area (Å²) in [6, 6.07) is 8.72. The van der Waals surface area contributed by atoms with Gasteiger partial charge in [-0.15, -0.1) is 11.3 Å². The highest BCUT2D eigenvalue weighted by atomic mass is 32.1. The Balaban J connectivity index is 1.55. The molecule has 0 unspecified atom stereocenters. The Labute approximate surface area is 148 Å². The third kappa shape index (κ3) is 4.91. The van der Waals surface area contributed by atoms with Crippen molar-refractivity contribution in [2.45, 2.75) is 64.3 Å². The fourth-order valence-electron chi connectivity index (χ4n) is 3.26. The van der Waals surface area contributed by atoms with Crippen molar-refractivity contribution in [1.82, 2.24) is 10.3 Å². The Kier molecular flexibility index (Phi) is 6.02. The Morgan fingerprint density at radius 1 is 1.12 bits per heavy atom. The zero-order chi connectivity index (χ0) is 16.8. The number of carbonyl (C=O) groups is 1. The number of nitrogens with zero attached hydrogens (tertiary/aromatic N) is 1.